The van der Waals surface area contributed by atoms with Crippen LogP contribution < -0.4 is 57.8 Å². The van der Waals surface area contributed by atoms with Crippen LogP contribution in [0.15, 0.2) is 0 Å². The van der Waals surface area contributed by atoms with Crippen molar-refractivity contribution in [2.45, 2.75) is 0 Å². The van der Waals surface area contributed by atoms with Crippen molar-refractivity contribution in [3.63, 3.8) is 0 Å². The molecular formula is BaI2O4. The van der Waals surface area contributed by atoms with Crippen molar-refractivity contribution >= 4 is 48.9 Å². The molecule has 0 radical (unpaired) electrons. The minimum Gasteiger partial charge on any atom is -0.599 e. The Labute approximate surface area is 104 Å². The summed E-state index contributed by atoms with van der Waals surface area (Å²) >= 11 is -3.82. The first-order chi connectivity index (χ1) is 2.83. The van der Waals surface area contributed by atoms with Gasteiger partial charge in [-0.2, -0.15) is 0 Å². The molecule has 4 nitrogen and oxygen atoms in total. The molecule has 0 amide bonds. The van der Waals surface area contributed by atoms with Crippen LogP contribution in [0.5, 0.6) is 0 Å². The monoisotopic (exact) mass is 456 g/mol. The van der Waals surface area contributed by atoms with Crippen LogP contribution in [0.3, 0.4) is 0 Å². The molecule has 0 saturated carbocycles. The van der Waals surface area contributed by atoms with Gasteiger partial charge in [0.2, 0.25) is 0 Å². The molecule has 0 rings (SSSR count). The summed E-state index contributed by atoms with van der Waals surface area (Å²) in [6.45, 7) is 0. The zero-order valence-corrected chi connectivity index (χ0v) is 11.9. The van der Waals surface area contributed by atoms with Crippen LogP contribution in [-0.2, 0) is 0 Å². The molecule has 40 valence electrons. The Morgan fingerprint density at radius 1 is 0.714 bits per heavy atom. The van der Waals surface area contributed by atoms with E-state index in [0.29, 0.717) is 0 Å². The van der Waals surface area contributed by atoms with Crippen LogP contribution in [0.1, 0.15) is 0 Å². The third-order valence-corrected chi connectivity index (χ3v) is 0. The van der Waals surface area contributed by atoms with E-state index in [9.17, 15) is 0 Å². The molecule has 0 spiro atoms. The van der Waals surface area contributed by atoms with Crippen molar-refractivity contribution in [2.75, 3.05) is 0 Å². The Bertz CT molecular complexity index is 11.7. The molecule has 0 heterocycles. The fourth-order valence-corrected chi connectivity index (χ4v) is 0. The van der Waals surface area contributed by atoms with Gasteiger partial charge in [-0.3, -0.25) is 0 Å². The number of hydrogen-bond acceptors (Lipinski definition) is 4. The summed E-state index contributed by atoms with van der Waals surface area (Å²) in [6, 6.07) is 0. The molecule has 0 fully saturated rings. The summed E-state index contributed by atoms with van der Waals surface area (Å²) in [5.41, 5.74) is 0. The Hall–Kier alpha value is 2.87. The Morgan fingerprint density at radius 2 is 0.714 bits per heavy atom. The van der Waals surface area contributed by atoms with E-state index in [2.05, 4.69) is 0 Å². The molecule has 0 aromatic heterocycles. The molecular weight excluding hydrogens is 455 g/mol. The summed E-state index contributed by atoms with van der Waals surface area (Å²) in [4.78, 5) is 0. The molecule has 0 aromatic carbocycles. The fourth-order valence-electron chi connectivity index (χ4n) is 0. The van der Waals surface area contributed by atoms with E-state index in [4.69, 9.17) is 13.7 Å². The number of rotatable bonds is 0. The van der Waals surface area contributed by atoms with E-state index < -0.39 is 44.1 Å². The van der Waals surface area contributed by atoms with Gasteiger partial charge >= 0.3 is 48.9 Å². The predicted octanol–water partition coefficient (Wildman–Crippen LogP) is -11.1. The first-order valence-corrected chi connectivity index (χ1v) is 4.14. The number of halogens is 2. The SMILES string of the molecule is [Ba+2].[O-][I+][O-].[O-][I+][O-]. The fraction of sp³-hybridized carbons (Fsp3) is 0. The maximum atomic E-state index is 8.48. The zero-order valence-electron chi connectivity index (χ0n) is 3.10. The van der Waals surface area contributed by atoms with Crippen molar-refractivity contribution in [1.29, 1.82) is 0 Å². The van der Waals surface area contributed by atoms with Crippen LogP contribution >= 0.6 is 0 Å². The van der Waals surface area contributed by atoms with E-state index in [0.717, 1.165) is 0 Å². The van der Waals surface area contributed by atoms with Crippen LogP contribution in [0.25, 0.3) is 0 Å². The van der Waals surface area contributed by atoms with Crippen molar-refractivity contribution in [3.05, 3.63) is 0 Å². The first kappa shape index (κ1) is 16.5. The maximum Gasteiger partial charge on any atom is 2.00 e. The van der Waals surface area contributed by atoms with E-state index in [1.54, 1.807) is 0 Å². The summed E-state index contributed by atoms with van der Waals surface area (Å²) in [6.07, 6.45) is 0. The largest absolute Gasteiger partial charge is 2.00 e. The Balaban J connectivity index is -0.0000000400. The standard InChI is InChI=1S/Ba.2IO2/c;2*2-1-3/q+2;2*-1. The van der Waals surface area contributed by atoms with Crippen molar-refractivity contribution in [2.24, 2.45) is 0 Å². The molecule has 7 heavy (non-hydrogen) atoms. The van der Waals surface area contributed by atoms with Gasteiger partial charge in [-0.25, -0.2) is 0 Å². The van der Waals surface area contributed by atoms with Crippen molar-refractivity contribution < 1.29 is 57.8 Å². The molecule has 0 unspecified atom stereocenters. The maximum absolute atomic E-state index is 8.48. The van der Waals surface area contributed by atoms with Gasteiger partial charge in [0, 0.05) is 0 Å². The third kappa shape index (κ3) is 50.8. The van der Waals surface area contributed by atoms with Crippen molar-refractivity contribution in [3.8, 4) is 0 Å². The summed E-state index contributed by atoms with van der Waals surface area (Å²) in [5, 5.41) is 0. The Kier molecular flexibility index (Phi) is 54.4. The Morgan fingerprint density at radius 3 is 0.714 bits per heavy atom. The van der Waals surface area contributed by atoms with Crippen molar-refractivity contribution in [1.82, 2.24) is 0 Å². The average molecular weight is 455 g/mol. The van der Waals surface area contributed by atoms with Gasteiger partial charge in [0.1, 0.15) is 0 Å². The quantitative estimate of drug-likeness (QED) is 0.268. The second kappa shape index (κ2) is 23.2. The van der Waals surface area contributed by atoms with Gasteiger partial charge in [-0.1, -0.05) is 0 Å². The molecule has 0 aliphatic carbocycles. The van der Waals surface area contributed by atoms with Gasteiger partial charge in [0.05, 0.1) is 0 Å². The number of hydrogen-bond donors (Lipinski definition) is 0. The summed E-state index contributed by atoms with van der Waals surface area (Å²) in [7, 11) is 0. The minimum absolute atomic E-state index is 0. The molecule has 0 bridgehead atoms. The topological polar surface area (TPSA) is 92.2 Å². The first-order valence-electron chi connectivity index (χ1n) is 0.617. The van der Waals surface area contributed by atoms with Gasteiger partial charge in [0.15, 0.2) is 44.1 Å². The van der Waals surface area contributed by atoms with E-state index >= 15 is 0 Å². The molecule has 0 aromatic rings. The normalized spacial score (nSPS) is 5.14. The minimum atomic E-state index is -1.91. The second-order valence-electron chi connectivity index (χ2n) is 0.126. The summed E-state index contributed by atoms with van der Waals surface area (Å²) in [5.74, 6) is 0. The molecule has 0 atom stereocenters. The molecule has 7 heteroatoms. The third-order valence-electron chi connectivity index (χ3n) is 0. The molecule has 0 saturated heterocycles. The van der Waals surface area contributed by atoms with E-state index in [-0.39, 0.29) is 48.9 Å². The van der Waals surface area contributed by atoms with Crippen LogP contribution in [0, 0.1) is 0 Å². The second-order valence-corrected chi connectivity index (χ2v) is 0.845. The summed E-state index contributed by atoms with van der Waals surface area (Å²) < 4.78 is 33.9. The van der Waals surface area contributed by atoms with E-state index in [1.165, 1.54) is 0 Å². The van der Waals surface area contributed by atoms with Crippen LogP contribution in [0.4, 0.5) is 0 Å². The van der Waals surface area contributed by atoms with Gasteiger partial charge in [-0.15, -0.1) is 0 Å². The molecule has 0 aliphatic heterocycles. The van der Waals surface area contributed by atoms with Gasteiger partial charge in [-0.05, 0) is 0 Å². The van der Waals surface area contributed by atoms with Gasteiger partial charge < -0.3 is 13.7 Å². The van der Waals surface area contributed by atoms with Crippen LogP contribution in [-0.4, -0.2) is 48.9 Å². The van der Waals surface area contributed by atoms with E-state index in [1.807, 2.05) is 0 Å². The zero-order chi connectivity index (χ0) is 5.41. The smallest absolute Gasteiger partial charge is 0.599 e. The van der Waals surface area contributed by atoms with Crippen LogP contribution in [0.2, 0.25) is 0 Å². The predicted molar refractivity (Wildman–Crippen MR) is 5.75 cm³/mol. The molecule has 0 N–H and O–H groups in total. The average Bonchev–Trinajstić information content (AvgIpc) is 1.39. The van der Waals surface area contributed by atoms with Gasteiger partial charge in [0.25, 0.3) is 0 Å². The molecule has 0 aliphatic rings.